The number of benzene rings is 1. The van der Waals surface area contributed by atoms with Crippen LogP contribution in [0.3, 0.4) is 0 Å². The van der Waals surface area contributed by atoms with Crippen molar-refractivity contribution in [1.29, 1.82) is 5.26 Å². The zero-order valence-corrected chi connectivity index (χ0v) is 21.2. The van der Waals surface area contributed by atoms with E-state index in [4.69, 9.17) is 14.2 Å². The second-order valence-electron chi connectivity index (χ2n) is 8.96. The fourth-order valence-electron chi connectivity index (χ4n) is 3.59. The molecular formula is C24H27F2N5O4Si. The average molecular weight is 516 g/mol. The van der Waals surface area contributed by atoms with E-state index in [1.807, 2.05) is 0 Å². The highest BCUT2D eigenvalue weighted by Crippen LogP contribution is 2.35. The lowest BCUT2D eigenvalue weighted by Gasteiger charge is -2.25. The number of halogens is 2. The molecule has 3 aromatic rings. The molecule has 36 heavy (non-hydrogen) atoms. The first-order valence-corrected chi connectivity index (χ1v) is 14.7. The summed E-state index contributed by atoms with van der Waals surface area (Å²) in [5, 5.41) is 15.0. The maximum atomic E-state index is 14.8. The van der Waals surface area contributed by atoms with Crippen LogP contribution in [0.5, 0.6) is 11.5 Å². The summed E-state index contributed by atoms with van der Waals surface area (Å²) in [5.41, 5.74) is 0.575. The Hall–Kier alpha value is -3.53. The van der Waals surface area contributed by atoms with Crippen LogP contribution in [0.1, 0.15) is 5.56 Å². The number of amides is 2. The van der Waals surface area contributed by atoms with Crippen LogP contribution in [-0.4, -0.2) is 50.7 Å². The Bertz CT molecular complexity index is 1270. The summed E-state index contributed by atoms with van der Waals surface area (Å²) in [4.78, 5) is 16.3. The predicted molar refractivity (Wildman–Crippen MR) is 132 cm³/mol. The number of aromatic nitrogens is 2. The lowest BCUT2D eigenvalue weighted by molar-refractivity contribution is -0.0292. The molecule has 1 aromatic carbocycles. The van der Waals surface area contributed by atoms with E-state index in [0.29, 0.717) is 37.4 Å². The van der Waals surface area contributed by atoms with Gasteiger partial charge in [-0.2, -0.15) is 5.26 Å². The summed E-state index contributed by atoms with van der Waals surface area (Å²) in [6.07, 6.45) is 3.00. The van der Waals surface area contributed by atoms with E-state index in [-0.39, 0.29) is 29.6 Å². The van der Waals surface area contributed by atoms with Gasteiger partial charge in [0.05, 0.1) is 24.2 Å². The molecule has 9 nitrogen and oxygen atoms in total. The van der Waals surface area contributed by atoms with Crippen LogP contribution in [0.4, 0.5) is 19.3 Å². The number of ether oxygens (including phenoxy) is 3. The maximum absolute atomic E-state index is 14.8. The van der Waals surface area contributed by atoms with Crippen molar-refractivity contribution < 1.29 is 27.8 Å². The Morgan fingerprint density at radius 2 is 2.08 bits per heavy atom. The van der Waals surface area contributed by atoms with Crippen molar-refractivity contribution in [3.05, 3.63) is 47.8 Å². The molecule has 2 aromatic heterocycles. The predicted octanol–water partition coefficient (Wildman–Crippen LogP) is 4.21. The summed E-state index contributed by atoms with van der Waals surface area (Å²) in [7, 11) is -0.748. The van der Waals surface area contributed by atoms with Crippen molar-refractivity contribution in [3.63, 3.8) is 0 Å². The van der Waals surface area contributed by atoms with E-state index >= 15 is 0 Å². The van der Waals surface area contributed by atoms with Gasteiger partial charge in [0.2, 0.25) is 0 Å². The van der Waals surface area contributed by atoms with Crippen LogP contribution < -0.4 is 15.4 Å². The zero-order valence-electron chi connectivity index (χ0n) is 20.0. The van der Waals surface area contributed by atoms with Crippen LogP contribution in [-0.2, 0) is 16.2 Å². The number of carbonyl (C=O) groups is 1. The fourth-order valence-corrected chi connectivity index (χ4v) is 4.23. The maximum Gasteiger partial charge on any atom is 0.319 e. The van der Waals surface area contributed by atoms with Crippen molar-refractivity contribution in [1.82, 2.24) is 14.9 Å². The van der Waals surface area contributed by atoms with Gasteiger partial charge in [-0.1, -0.05) is 13.1 Å². The number of nitriles is 1. The van der Waals surface area contributed by atoms with Crippen molar-refractivity contribution in [2.24, 2.45) is 5.92 Å². The van der Waals surface area contributed by atoms with E-state index in [2.05, 4.69) is 34.8 Å². The lowest BCUT2D eigenvalue weighted by Crippen LogP contribution is -2.40. The van der Waals surface area contributed by atoms with Crippen LogP contribution in [0.25, 0.3) is 11.0 Å². The minimum atomic E-state index is -1.01. The molecule has 190 valence electrons. The Labute approximate surface area is 208 Å². The van der Waals surface area contributed by atoms with E-state index in [1.54, 1.807) is 10.8 Å². The van der Waals surface area contributed by atoms with E-state index in [9.17, 15) is 18.8 Å². The van der Waals surface area contributed by atoms with Crippen molar-refractivity contribution in [3.8, 4) is 17.6 Å². The van der Waals surface area contributed by atoms with Gasteiger partial charge in [0.15, 0.2) is 17.4 Å². The third-order valence-corrected chi connectivity index (χ3v) is 7.03. The summed E-state index contributed by atoms with van der Waals surface area (Å²) in [6, 6.07) is 5.87. The number of carbonyl (C=O) groups excluding carboxylic acids is 1. The molecule has 1 aliphatic rings. The first kappa shape index (κ1) is 25.6. The number of fused-ring (bicyclic) bond motifs is 1. The lowest BCUT2D eigenvalue weighted by atomic mass is 10.1. The Balaban J connectivity index is 1.51. The highest BCUT2D eigenvalue weighted by atomic mass is 28.3. The molecule has 1 aliphatic heterocycles. The summed E-state index contributed by atoms with van der Waals surface area (Å²) in [5.74, 6) is -2.37. The minimum absolute atomic E-state index is 0.0648. The smallest absolute Gasteiger partial charge is 0.319 e. The van der Waals surface area contributed by atoms with Gasteiger partial charge in [0.25, 0.3) is 0 Å². The van der Waals surface area contributed by atoms with Crippen LogP contribution >= 0.6 is 0 Å². The molecule has 4 rings (SSSR count). The van der Waals surface area contributed by atoms with Gasteiger partial charge in [-0.25, -0.2) is 18.6 Å². The van der Waals surface area contributed by atoms with E-state index in [1.165, 1.54) is 12.3 Å². The van der Waals surface area contributed by atoms with Crippen LogP contribution in [0, 0.1) is 28.9 Å². The second kappa shape index (κ2) is 11.5. The van der Waals surface area contributed by atoms with Gasteiger partial charge >= 0.3 is 6.03 Å². The monoisotopic (exact) mass is 515 g/mol. The number of hydrogen-bond donors (Lipinski definition) is 2. The molecule has 0 radical (unpaired) electrons. The third-order valence-electron chi connectivity index (χ3n) is 5.64. The van der Waals surface area contributed by atoms with Gasteiger partial charge in [0.1, 0.15) is 24.2 Å². The zero-order chi connectivity index (χ0) is 25.7. The normalized spacial score (nSPS) is 13.4. The third kappa shape index (κ3) is 5.99. The molecule has 0 atom stereocenters. The molecule has 0 aliphatic carbocycles. The molecule has 0 unspecified atom stereocenters. The topological polar surface area (TPSA) is 110 Å². The second-order valence-corrected chi connectivity index (χ2v) is 12.3. The molecule has 1 fully saturated rings. The Morgan fingerprint density at radius 1 is 1.33 bits per heavy atom. The number of urea groups is 1. The van der Waals surface area contributed by atoms with Gasteiger partial charge < -0.3 is 29.4 Å². The standard InChI is InChI=1S/C24H27F2N5O4Si/c1-36(2)6-5-33-14-31-11-16(9-27)21-20(3-4-28-23(21)31)35-22-18(25)7-17(8-19(22)26)30-24(32)29-10-15-12-34-13-15/h3-4,7-8,11,15,36H,5-6,10,12-14H2,1-2H3,(H2,29,30,32). The molecular weight excluding hydrogens is 488 g/mol. The average Bonchev–Trinajstić information content (AvgIpc) is 3.16. The Kier molecular flexibility index (Phi) is 8.14. The molecule has 0 spiro atoms. The van der Waals surface area contributed by atoms with Gasteiger partial charge in [-0.3, -0.25) is 0 Å². The minimum Gasteiger partial charge on any atom is -0.450 e. The molecule has 3 heterocycles. The van der Waals surface area contributed by atoms with Crippen molar-refractivity contribution in [2.45, 2.75) is 25.9 Å². The van der Waals surface area contributed by atoms with Gasteiger partial charge in [0, 0.05) is 58.1 Å². The highest BCUT2D eigenvalue weighted by Gasteiger charge is 2.21. The SMILES string of the molecule is C[SiH](C)CCOCn1cc(C#N)c2c(Oc3c(F)cc(NC(=O)NCC4COC4)cc3F)ccnc21. The van der Waals surface area contributed by atoms with Crippen molar-refractivity contribution >= 4 is 31.5 Å². The molecule has 1 saturated heterocycles. The van der Waals surface area contributed by atoms with Gasteiger partial charge in [-0.05, 0) is 12.1 Å². The summed E-state index contributed by atoms with van der Waals surface area (Å²) >= 11 is 0. The summed E-state index contributed by atoms with van der Waals surface area (Å²) < 4.78 is 47.7. The molecule has 12 heteroatoms. The Morgan fingerprint density at radius 3 is 2.72 bits per heavy atom. The molecule has 2 N–H and O–H groups in total. The first-order valence-electron chi connectivity index (χ1n) is 11.6. The van der Waals surface area contributed by atoms with Crippen LogP contribution in [0.2, 0.25) is 19.1 Å². The number of rotatable bonds is 10. The van der Waals surface area contributed by atoms with Gasteiger partial charge in [-0.15, -0.1) is 0 Å². The molecule has 0 saturated carbocycles. The molecule has 2 amide bonds. The number of hydrogen-bond acceptors (Lipinski definition) is 6. The number of nitrogens with zero attached hydrogens (tertiary/aromatic N) is 3. The highest BCUT2D eigenvalue weighted by molar-refractivity contribution is 6.55. The summed E-state index contributed by atoms with van der Waals surface area (Å²) in [6.45, 7) is 6.80. The number of nitrogens with one attached hydrogen (secondary N) is 2. The molecule has 0 bridgehead atoms. The van der Waals surface area contributed by atoms with Crippen LogP contribution in [0.15, 0.2) is 30.6 Å². The van der Waals surface area contributed by atoms with Crippen molar-refractivity contribution in [2.75, 3.05) is 31.7 Å². The number of anilines is 1. The fraction of sp³-hybridized carbons (Fsp3) is 0.375. The van der Waals surface area contributed by atoms with E-state index in [0.717, 1.165) is 18.2 Å². The quantitative estimate of drug-likeness (QED) is 0.309. The van der Waals surface area contributed by atoms with E-state index < -0.39 is 32.2 Å². The number of pyridine rings is 1. The largest absolute Gasteiger partial charge is 0.450 e. The first-order chi connectivity index (χ1) is 17.4.